The van der Waals surface area contributed by atoms with Gasteiger partial charge in [-0.2, -0.15) is 0 Å². The van der Waals surface area contributed by atoms with Crippen LogP contribution >= 0.6 is 27.5 Å². The van der Waals surface area contributed by atoms with Crippen LogP contribution < -0.4 is 5.14 Å². The number of rotatable bonds is 6. The Morgan fingerprint density at radius 2 is 2.05 bits per heavy atom. The van der Waals surface area contributed by atoms with Crippen LogP contribution in [0.3, 0.4) is 0 Å². The van der Waals surface area contributed by atoms with Crippen LogP contribution in [0, 0.1) is 0 Å². The van der Waals surface area contributed by atoms with Crippen molar-refractivity contribution in [1.82, 2.24) is 0 Å². The molecule has 0 unspecified atom stereocenters. The monoisotopic (exact) mass is 383 g/mol. The molecule has 0 aliphatic carbocycles. The van der Waals surface area contributed by atoms with Crippen LogP contribution in [-0.2, 0) is 14.8 Å². The van der Waals surface area contributed by atoms with Crippen LogP contribution in [0.2, 0.25) is 5.02 Å². The van der Waals surface area contributed by atoms with Gasteiger partial charge in [0.25, 0.3) is 0 Å². The maximum atomic E-state index is 11.9. The number of benzene rings is 1. The Balaban J connectivity index is 2.98. The maximum Gasteiger partial charge on any atom is 0.339 e. The zero-order chi connectivity index (χ0) is 15.3. The summed E-state index contributed by atoms with van der Waals surface area (Å²) >= 11 is 8.96. The van der Waals surface area contributed by atoms with Crippen molar-refractivity contribution in [2.45, 2.75) is 31.1 Å². The number of esters is 1. The van der Waals surface area contributed by atoms with Crippen molar-refractivity contribution in [2.24, 2.45) is 5.14 Å². The minimum absolute atomic E-state index is 0.0182. The fourth-order valence-corrected chi connectivity index (χ4v) is 3.50. The summed E-state index contributed by atoms with van der Waals surface area (Å²) in [7, 11) is -3.95. The van der Waals surface area contributed by atoms with Gasteiger partial charge in [-0.3, -0.25) is 0 Å². The standard InChI is InChI=1S/C12H15BrClNO4S/c1-2-3-4-5-19-12(16)8-6-11(20(15,17)18)9(13)7-10(8)14/h6-7H,2-5H2,1H3,(H2,15,17,18). The second kappa shape index (κ2) is 7.40. The summed E-state index contributed by atoms with van der Waals surface area (Å²) in [4.78, 5) is 11.7. The van der Waals surface area contributed by atoms with Crippen molar-refractivity contribution in [3.63, 3.8) is 0 Å². The lowest BCUT2D eigenvalue weighted by atomic mass is 10.2. The van der Waals surface area contributed by atoms with E-state index in [1.54, 1.807) is 0 Å². The zero-order valence-corrected chi connectivity index (χ0v) is 14.0. The van der Waals surface area contributed by atoms with Crippen LogP contribution in [0.5, 0.6) is 0 Å². The summed E-state index contributed by atoms with van der Waals surface area (Å²) in [6, 6.07) is 2.42. The average molecular weight is 385 g/mol. The molecule has 0 amide bonds. The third kappa shape index (κ3) is 4.73. The number of hydrogen-bond acceptors (Lipinski definition) is 4. The molecule has 0 aliphatic rings. The minimum Gasteiger partial charge on any atom is -0.462 e. The number of sulfonamides is 1. The predicted molar refractivity (Wildman–Crippen MR) is 80.3 cm³/mol. The fraction of sp³-hybridized carbons (Fsp3) is 0.417. The van der Waals surface area contributed by atoms with E-state index >= 15 is 0 Å². The first-order chi connectivity index (χ1) is 9.27. The van der Waals surface area contributed by atoms with Crippen molar-refractivity contribution in [2.75, 3.05) is 6.61 Å². The van der Waals surface area contributed by atoms with Crippen LogP contribution in [-0.4, -0.2) is 21.0 Å². The highest BCUT2D eigenvalue weighted by Crippen LogP contribution is 2.28. The molecule has 0 aromatic heterocycles. The molecule has 20 heavy (non-hydrogen) atoms. The number of primary sulfonamides is 1. The van der Waals surface area contributed by atoms with E-state index < -0.39 is 16.0 Å². The molecule has 8 heteroatoms. The highest BCUT2D eigenvalue weighted by Gasteiger charge is 2.20. The van der Waals surface area contributed by atoms with E-state index in [0.717, 1.165) is 25.3 Å². The van der Waals surface area contributed by atoms with Gasteiger partial charge in [0.15, 0.2) is 0 Å². The molecule has 0 radical (unpaired) electrons. The van der Waals surface area contributed by atoms with E-state index in [9.17, 15) is 13.2 Å². The lowest BCUT2D eigenvalue weighted by Gasteiger charge is -2.09. The van der Waals surface area contributed by atoms with Gasteiger partial charge in [0.2, 0.25) is 10.0 Å². The van der Waals surface area contributed by atoms with Gasteiger partial charge in [0.1, 0.15) is 0 Å². The van der Waals surface area contributed by atoms with Crippen molar-refractivity contribution in [1.29, 1.82) is 0 Å². The van der Waals surface area contributed by atoms with Crippen LogP contribution in [0.1, 0.15) is 36.5 Å². The lowest BCUT2D eigenvalue weighted by Crippen LogP contribution is -2.15. The molecule has 0 spiro atoms. The predicted octanol–water partition coefficient (Wildman–Crippen LogP) is 3.10. The van der Waals surface area contributed by atoms with Gasteiger partial charge in [0.05, 0.1) is 22.1 Å². The molecule has 0 saturated heterocycles. The van der Waals surface area contributed by atoms with Gasteiger partial charge in [-0.05, 0) is 34.5 Å². The SMILES string of the molecule is CCCCCOC(=O)c1cc(S(N)(=O)=O)c(Br)cc1Cl. The van der Waals surface area contributed by atoms with Gasteiger partial charge in [-0.25, -0.2) is 18.4 Å². The third-order valence-corrected chi connectivity index (χ3v) is 4.71. The van der Waals surface area contributed by atoms with Crippen LogP contribution in [0.25, 0.3) is 0 Å². The number of carbonyl (C=O) groups is 1. The number of hydrogen-bond donors (Lipinski definition) is 1. The molecule has 0 heterocycles. The van der Waals surface area contributed by atoms with E-state index in [1.807, 2.05) is 6.92 Å². The van der Waals surface area contributed by atoms with Gasteiger partial charge in [-0.1, -0.05) is 31.4 Å². The first-order valence-corrected chi connectivity index (χ1v) is 8.68. The average Bonchev–Trinajstić information content (AvgIpc) is 2.32. The van der Waals surface area contributed by atoms with Crippen molar-refractivity contribution in [3.05, 3.63) is 27.2 Å². The number of unbranched alkanes of at least 4 members (excludes halogenated alkanes) is 2. The first-order valence-electron chi connectivity index (χ1n) is 5.96. The smallest absolute Gasteiger partial charge is 0.339 e. The summed E-state index contributed by atoms with van der Waals surface area (Å²) in [6.07, 6.45) is 2.70. The molecule has 2 N–H and O–H groups in total. The fourth-order valence-electron chi connectivity index (χ4n) is 1.50. The molecule has 5 nitrogen and oxygen atoms in total. The second-order valence-corrected chi connectivity index (χ2v) is 6.94. The van der Waals surface area contributed by atoms with Crippen molar-refractivity contribution in [3.8, 4) is 0 Å². The van der Waals surface area contributed by atoms with E-state index in [0.29, 0.717) is 0 Å². The third-order valence-electron chi connectivity index (χ3n) is 2.53. The molecular formula is C12H15BrClNO4S. The number of ether oxygens (including phenoxy) is 1. The Kier molecular flexibility index (Phi) is 6.44. The van der Waals surface area contributed by atoms with Gasteiger partial charge in [0, 0.05) is 4.47 Å². The molecule has 1 rings (SSSR count). The molecular weight excluding hydrogens is 370 g/mol. The highest BCUT2D eigenvalue weighted by atomic mass is 79.9. The molecule has 1 aromatic rings. The molecule has 0 atom stereocenters. The molecule has 112 valence electrons. The summed E-state index contributed by atoms with van der Waals surface area (Å²) in [5.74, 6) is -0.663. The lowest BCUT2D eigenvalue weighted by molar-refractivity contribution is 0.0498. The van der Waals surface area contributed by atoms with E-state index in [2.05, 4.69) is 15.9 Å². The summed E-state index contributed by atoms with van der Waals surface area (Å²) in [6.45, 7) is 2.30. The quantitative estimate of drug-likeness (QED) is 0.603. The van der Waals surface area contributed by atoms with Gasteiger partial charge in [-0.15, -0.1) is 0 Å². The summed E-state index contributed by atoms with van der Waals surface area (Å²) < 4.78 is 28.0. The minimum atomic E-state index is -3.95. The zero-order valence-electron chi connectivity index (χ0n) is 10.9. The van der Waals surface area contributed by atoms with E-state index in [1.165, 1.54) is 6.07 Å². The Bertz CT molecular complexity index is 604. The first kappa shape index (κ1) is 17.4. The number of nitrogens with two attached hydrogens (primary N) is 1. The van der Waals surface area contributed by atoms with Crippen LogP contribution in [0.15, 0.2) is 21.5 Å². The number of halogens is 2. The summed E-state index contributed by atoms with van der Waals surface area (Å²) in [5, 5.41) is 5.17. The largest absolute Gasteiger partial charge is 0.462 e. The molecule has 0 fully saturated rings. The highest BCUT2D eigenvalue weighted by molar-refractivity contribution is 9.10. The Morgan fingerprint density at radius 1 is 1.40 bits per heavy atom. The van der Waals surface area contributed by atoms with Gasteiger partial charge >= 0.3 is 5.97 Å². The topological polar surface area (TPSA) is 86.5 Å². The second-order valence-electron chi connectivity index (χ2n) is 4.15. The van der Waals surface area contributed by atoms with E-state index in [-0.39, 0.29) is 26.6 Å². The Labute approximate surface area is 131 Å². The number of carbonyl (C=O) groups excluding carboxylic acids is 1. The van der Waals surface area contributed by atoms with Crippen molar-refractivity contribution >= 4 is 43.5 Å². The molecule has 1 aromatic carbocycles. The normalized spacial score (nSPS) is 11.4. The van der Waals surface area contributed by atoms with Gasteiger partial charge < -0.3 is 4.74 Å². The molecule has 0 aliphatic heterocycles. The molecule has 0 saturated carbocycles. The van der Waals surface area contributed by atoms with Crippen LogP contribution in [0.4, 0.5) is 0 Å². The molecule has 0 bridgehead atoms. The van der Waals surface area contributed by atoms with Crippen molar-refractivity contribution < 1.29 is 17.9 Å². The maximum absolute atomic E-state index is 11.9. The Hall–Kier alpha value is -0.630. The van der Waals surface area contributed by atoms with E-state index in [4.69, 9.17) is 21.5 Å². The summed E-state index contributed by atoms with van der Waals surface area (Å²) in [5.41, 5.74) is -0.0182. The Morgan fingerprint density at radius 3 is 2.60 bits per heavy atom.